The molecule has 0 unspecified atom stereocenters. The largest absolute Gasteiger partial charge is 0.444 e. The number of rotatable bonds is 8. The van der Waals surface area contributed by atoms with Crippen molar-refractivity contribution >= 4 is 51.9 Å². The number of amides is 6. The number of hydrogen-bond acceptors (Lipinski definition) is 11. The van der Waals surface area contributed by atoms with Gasteiger partial charge >= 0.3 is 12.2 Å². The number of ether oxygens (including phenoxy) is 3. The van der Waals surface area contributed by atoms with Crippen LogP contribution in [0.2, 0.25) is 0 Å². The molecule has 4 N–H and O–H groups in total. The second kappa shape index (κ2) is 16.6. The number of hydrogen-bond donors (Lipinski definition) is 4. The van der Waals surface area contributed by atoms with E-state index >= 15 is 0 Å². The minimum Gasteiger partial charge on any atom is -0.444 e. The van der Waals surface area contributed by atoms with Crippen LogP contribution in [0.25, 0.3) is 6.08 Å². The highest BCUT2D eigenvalue weighted by Gasteiger charge is 2.62. The maximum absolute atomic E-state index is 14.9. The van der Waals surface area contributed by atoms with Gasteiger partial charge in [-0.15, -0.1) is 6.58 Å². The molecule has 3 aliphatic carbocycles. The molecule has 6 aliphatic rings. The van der Waals surface area contributed by atoms with Crippen molar-refractivity contribution in [3.63, 3.8) is 0 Å². The van der Waals surface area contributed by atoms with Gasteiger partial charge in [0.25, 0.3) is 5.91 Å². The average molecular weight is 839 g/mol. The van der Waals surface area contributed by atoms with E-state index in [0.717, 1.165) is 29.5 Å². The first-order valence-electron chi connectivity index (χ1n) is 20.4. The van der Waals surface area contributed by atoms with Gasteiger partial charge in [0.1, 0.15) is 35.4 Å². The van der Waals surface area contributed by atoms with Gasteiger partial charge in [0.15, 0.2) is 0 Å². The summed E-state index contributed by atoms with van der Waals surface area (Å²) in [5.41, 5.74) is 0.202. The summed E-state index contributed by atoms with van der Waals surface area (Å²) in [4.78, 5) is 86.5. The van der Waals surface area contributed by atoms with Crippen molar-refractivity contribution in [2.75, 3.05) is 19.8 Å². The van der Waals surface area contributed by atoms with Crippen LogP contribution in [0, 0.1) is 11.8 Å². The van der Waals surface area contributed by atoms with Crippen LogP contribution in [0.3, 0.4) is 0 Å². The van der Waals surface area contributed by atoms with Crippen LogP contribution in [0.15, 0.2) is 36.9 Å². The number of alkyl carbamates (subject to hydrolysis) is 1. The Morgan fingerprint density at radius 1 is 1.07 bits per heavy atom. The number of sulfonamides is 1. The van der Waals surface area contributed by atoms with Crippen molar-refractivity contribution in [1.82, 2.24) is 30.5 Å². The van der Waals surface area contributed by atoms with Gasteiger partial charge < -0.3 is 35.1 Å². The minimum atomic E-state index is -3.95. The number of nitrogens with zero attached hydrogens (tertiary/aromatic N) is 2. The zero-order valence-electron chi connectivity index (χ0n) is 33.7. The predicted molar refractivity (Wildman–Crippen MR) is 212 cm³/mol. The second-order valence-corrected chi connectivity index (χ2v) is 19.4. The van der Waals surface area contributed by atoms with Gasteiger partial charge in [0.2, 0.25) is 27.7 Å². The summed E-state index contributed by atoms with van der Waals surface area (Å²) in [6, 6.07) is 2.02. The van der Waals surface area contributed by atoms with E-state index in [9.17, 15) is 37.2 Å². The highest BCUT2D eigenvalue weighted by atomic mass is 32.2. The molecule has 4 bridgehead atoms. The Morgan fingerprint density at radius 2 is 1.81 bits per heavy atom. The van der Waals surface area contributed by atoms with E-state index in [-0.39, 0.29) is 51.6 Å². The van der Waals surface area contributed by atoms with Crippen molar-refractivity contribution in [2.24, 2.45) is 11.8 Å². The second-order valence-electron chi connectivity index (χ2n) is 17.4. The zero-order valence-corrected chi connectivity index (χ0v) is 34.5. The van der Waals surface area contributed by atoms with E-state index < -0.39 is 92.4 Å². The standard InChI is InChI=1S/C41H54N6O11S/c1-5-27-19-41(27,37(51)45-59(54,55)29-15-16-29)44-35(49)32-18-28-21-47(32)36(50)33(25-10-6-7-11-25)43-34(48)31(42-38(52)58-40(2,3)4)23-56-17-9-14-24-12-8-13-26-20-46(22-30(24)26)39(53)57-28/h5,8-9,12-14,25,27-29,31-33H,1,6-7,10-11,15-23H2,2-4H3,(H,42,52)(H,43,48)(H,44,49)(H,45,51)/b14-9-/t27-,28-,31+,32+,33+,41-/m1/s1. The molecule has 0 radical (unpaired) electrons. The molecule has 6 amide bonds. The van der Waals surface area contributed by atoms with Gasteiger partial charge in [-0.05, 0) is 75.5 Å². The third kappa shape index (κ3) is 9.43. The first-order valence-corrected chi connectivity index (χ1v) is 21.9. The van der Waals surface area contributed by atoms with Gasteiger partial charge in [0, 0.05) is 18.9 Å². The van der Waals surface area contributed by atoms with E-state index in [4.69, 9.17) is 14.2 Å². The molecule has 4 fully saturated rings. The summed E-state index contributed by atoms with van der Waals surface area (Å²) in [6.45, 7) is 8.98. The Kier molecular flexibility index (Phi) is 11.9. The SMILES string of the molecule is C=C[C@@H]1C[C@]1(NC(=O)[C@@H]1C[C@@H]2CN1C(=O)[C@H](C1CCCC1)NC(=O)[C@@H](NC(=O)OC(C)(C)C)COC/C=C\c1cccc3c1CN(C3)C(=O)O2)C(=O)NS(=O)(=O)C1CC1. The van der Waals surface area contributed by atoms with E-state index in [1.54, 1.807) is 31.7 Å². The molecule has 6 atom stereocenters. The van der Waals surface area contributed by atoms with E-state index in [0.29, 0.717) is 25.7 Å². The summed E-state index contributed by atoms with van der Waals surface area (Å²) < 4.78 is 45.0. The Bertz CT molecular complexity index is 2020. The van der Waals surface area contributed by atoms with Crippen LogP contribution >= 0.6 is 0 Å². The maximum atomic E-state index is 14.9. The van der Waals surface area contributed by atoms with Crippen LogP contribution in [0.4, 0.5) is 9.59 Å². The topological polar surface area (TPSA) is 219 Å². The Morgan fingerprint density at radius 3 is 2.49 bits per heavy atom. The van der Waals surface area contributed by atoms with Crippen LogP contribution in [-0.4, -0.2) is 114 Å². The third-order valence-electron chi connectivity index (χ3n) is 11.9. The zero-order chi connectivity index (χ0) is 42.3. The molecule has 18 heteroatoms. The normalized spacial score (nSPS) is 29.6. The summed E-state index contributed by atoms with van der Waals surface area (Å²) in [5, 5.41) is 7.54. The molecule has 320 valence electrons. The van der Waals surface area contributed by atoms with Crippen molar-refractivity contribution in [3.8, 4) is 0 Å². The molecule has 3 aliphatic heterocycles. The number of carbonyl (C=O) groups is 6. The third-order valence-corrected chi connectivity index (χ3v) is 13.7. The molecule has 3 heterocycles. The molecule has 59 heavy (non-hydrogen) atoms. The fourth-order valence-electron chi connectivity index (χ4n) is 8.51. The molecule has 1 saturated heterocycles. The van der Waals surface area contributed by atoms with Crippen molar-refractivity contribution < 1.29 is 51.4 Å². The summed E-state index contributed by atoms with van der Waals surface area (Å²) >= 11 is 0. The van der Waals surface area contributed by atoms with E-state index in [1.807, 2.05) is 24.3 Å². The number of fused-ring (bicyclic) bond motifs is 3. The number of nitrogens with one attached hydrogen (secondary N) is 4. The minimum absolute atomic E-state index is 0.0746. The quantitative estimate of drug-likeness (QED) is 0.279. The van der Waals surface area contributed by atoms with E-state index in [1.165, 1.54) is 11.0 Å². The summed E-state index contributed by atoms with van der Waals surface area (Å²) in [6.07, 6.45) is 6.27. The van der Waals surface area contributed by atoms with Gasteiger partial charge in [-0.3, -0.25) is 28.8 Å². The smallest absolute Gasteiger partial charge is 0.410 e. The van der Waals surface area contributed by atoms with Crippen LogP contribution < -0.4 is 20.7 Å². The molecular weight excluding hydrogens is 785 g/mol. The monoisotopic (exact) mass is 838 g/mol. The lowest BCUT2D eigenvalue weighted by Crippen LogP contribution is -2.61. The molecule has 0 aromatic heterocycles. The maximum Gasteiger partial charge on any atom is 0.410 e. The van der Waals surface area contributed by atoms with Gasteiger partial charge in [-0.25, -0.2) is 18.0 Å². The van der Waals surface area contributed by atoms with Crippen LogP contribution in [0.5, 0.6) is 0 Å². The number of benzene rings is 1. The van der Waals surface area contributed by atoms with Crippen molar-refractivity contribution in [3.05, 3.63) is 53.6 Å². The first kappa shape index (κ1) is 42.2. The molecule has 1 aromatic rings. The molecule has 1 aromatic carbocycles. The van der Waals surface area contributed by atoms with Crippen molar-refractivity contribution in [1.29, 1.82) is 0 Å². The van der Waals surface area contributed by atoms with Gasteiger partial charge in [0.05, 0.1) is 31.6 Å². The van der Waals surface area contributed by atoms with E-state index in [2.05, 4.69) is 27.3 Å². The first-order chi connectivity index (χ1) is 28.0. The fourth-order valence-corrected chi connectivity index (χ4v) is 9.87. The van der Waals surface area contributed by atoms with Crippen LogP contribution in [0.1, 0.15) is 88.8 Å². The van der Waals surface area contributed by atoms with Crippen LogP contribution in [-0.2, 0) is 56.5 Å². The fraction of sp³-hybridized carbons (Fsp3) is 0.610. The van der Waals surface area contributed by atoms with Crippen molar-refractivity contribution in [2.45, 2.75) is 126 Å². The van der Waals surface area contributed by atoms with Gasteiger partial charge in [-0.1, -0.05) is 49.3 Å². The lowest BCUT2D eigenvalue weighted by Gasteiger charge is -2.33. The lowest BCUT2D eigenvalue weighted by molar-refractivity contribution is -0.144. The highest BCUT2D eigenvalue weighted by Crippen LogP contribution is 2.45. The lowest BCUT2D eigenvalue weighted by atomic mass is 9.95. The predicted octanol–water partition coefficient (Wildman–Crippen LogP) is 2.39. The molecule has 7 rings (SSSR count). The average Bonchev–Trinajstić information content (AvgIpc) is 3.95. The molecule has 17 nitrogen and oxygen atoms in total. The highest BCUT2D eigenvalue weighted by molar-refractivity contribution is 7.91. The number of carbonyl (C=O) groups excluding carboxylic acids is 6. The molecule has 0 spiro atoms. The Balaban J connectivity index is 1.20. The Hall–Kier alpha value is -4.97. The molecular formula is C41H54N6O11S. The summed E-state index contributed by atoms with van der Waals surface area (Å²) in [5.74, 6) is -3.85. The van der Waals surface area contributed by atoms with Gasteiger partial charge in [-0.2, -0.15) is 0 Å². The Labute approximate surface area is 344 Å². The molecule has 3 saturated carbocycles. The summed E-state index contributed by atoms with van der Waals surface area (Å²) in [7, 11) is -3.95.